The van der Waals surface area contributed by atoms with Gasteiger partial charge in [-0.2, -0.15) is 5.26 Å². The molecule has 0 saturated heterocycles. The van der Waals surface area contributed by atoms with Gasteiger partial charge in [-0.25, -0.2) is 0 Å². The third kappa shape index (κ3) is 3.45. The Labute approximate surface area is 235 Å². The predicted octanol–water partition coefficient (Wildman–Crippen LogP) is 6.73. The van der Waals surface area contributed by atoms with Gasteiger partial charge in [0.25, 0.3) is 0 Å². The van der Waals surface area contributed by atoms with Gasteiger partial charge in [-0.15, -0.1) is 0 Å². The summed E-state index contributed by atoms with van der Waals surface area (Å²) in [6.07, 6.45) is 11.0. The van der Waals surface area contributed by atoms with Crippen molar-refractivity contribution in [2.24, 2.45) is 50.2 Å². The monoisotopic (exact) mass is 532 g/mol. The Morgan fingerprint density at radius 2 is 1.69 bits per heavy atom. The molecule has 2 unspecified atom stereocenters. The highest BCUT2D eigenvalue weighted by Crippen LogP contribution is 2.75. The second-order valence-corrected chi connectivity index (χ2v) is 15.4. The van der Waals surface area contributed by atoms with E-state index >= 15 is 0 Å². The molecule has 5 nitrogen and oxygen atoms in total. The minimum atomic E-state index is -0.663. The molecule has 0 spiro atoms. The summed E-state index contributed by atoms with van der Waals surface area (Å²) in [6.45, 7) is 18.0. The standard InChI is InChI=1S/C34H48N2O3/c1-9-34-16-15-33(28(39)36-10-2)14-13-29(3,4)19-22(33)26(34)23(37)17-25-31(7)18-21(20-35)27(38)30(5,6)24(31)11-12-32(25,34)8/h17-18,22,24,26H,9-16,19H2,1-8H3,(H,36,39)/t22?,24?,26-,31-,32+,33-,34+/m0/s1. The Kier molecular flexibility index (Phi) is 6.27. The van der Waals surface area contributed by atoms with Crippen LogP contribution in [0.5, 0.6) is 0 Å². The quantitative estimate of drug-likeness (QED) is 0.436. The zero-order valence-corrected chi connectivity index (χ0v) is 25.4. The fourth-order valence-corrected chi connectivity index (χ4v) is 10.9. The molecule has 0 aromatic rings. The van der Waals surface area contributed by atoms with Crippen molar-refractivity contribution in [2.45, 2.75) is 107 Å². The molecule has 3 fully saturated rings. The fourth-order valence-electron chi connectivity index (χ4n) is 10.9. The smallest absolute Gasteiger partial charge is 0.226 e. The molecule has 212 valence electrons. The van der Waals surface area contributed by atoms with Crippen molar-refractivity contribution in [1.29, 1.82) is 5.26 Å². The van der Waals surface area contributed by atoms with E-state index in [1.165, 1.54) is 0 Å². The number of fused-ring (bicyclic) bond motifs is 7. The van der Waals surface area contributed by atoms with E-state index in [2.05, 4.69) is 46.0 Å². The molecule has 5 aliphatic carbocycles. The number of amides is 1. The Morgan fingerprint density at radius 3 is 2.31 bits per heavy atom. The van der Waals surface area contributed by atoms with E-state index in [0.29, 0.717) is 6.54 Å². The van der Waals surface area contributed by atoms with Crippen molar-refractivity contribution in [3.8, 4) is 6.07 Å². The van der Waals surface area contributed by atoms with E-state index in [-0.39, 0.29) is 57.0 Å². The summed E-state index contributed by atoms with van der Waals surface area (Å²) >= 11 is 0. The summed E-state index contributed by atoms with van der Waals surface area (Å²) in [6, 6.07) is 2.20. The van der Waals surface area contributed by atoms with E-state index in [1.807, 2.05) is 32.9 Å². The zero-order chi connectivity index (χ0) is 28.8. The molecular formula is C34H48N2O3. The lowest BCUT2D eigenvalue weighted by Gasteiger charge is -2.69. The van der Waals surface area contributed by atoms with E-state index in [0.717, 1.165) is 56.9 Å². The highest BCUT2D eigenvalue weighted by atomic mass is 16.2. The molecule has 5 aliphatic rings. The average Bonchev–Trinajstić information content (AvgIpc) is 2.87. The van der Waals surface area contributed by atoms with Crippen LogP contribution in [-0.2, 0) is 14.4 Å². The molecule has 0 aromatic heterocycles. The molecule has 5 rings (SSSR count). The number of hydrogen-bond donors (Lipinski definition) is 1. The normalized spacial score (nSPS) is 43.9. The van der Waals surface area contributed by atoms with Crippen LogP contribution in [0, 0.1) is 61.6 Å². The molecule has 0 heterocycles. The van der Waals surface area contributed by atoms with Crippen LogP contribution in [0.1, 0.15) is 107 Å². The first kappa shape index (κ1) is 28.3. The van der Waals surface area contributed by atoms with E-state index in [4.69, 9.17) is 0 Å². The number of hydrogen-bond acceptors (Lipinski definition) is 4. The average molecular weight is 533 g/mol. The van der Waals surface area contributed by atoms with Gasteiger partial charge in [0.15, 0.2) is 11.6 Å². The number of nitrogens with zero attached hydrogens (tertiary/aromatic N) is 1. The number of ketones is 2. The maximum Gasteiger partial charge on any atom is 0.226 e. The number of Topliss-reactive ketones (excluding diaryl/α,β-unsaturated/α-hetero) is 1. The van der Waals surface area contributed by atoms with Gasteiger partial charge in [-0.1, -0.05) is 60.1 Å². The minimum absolute atomic E-state index is 0.0174. The van der Waals surface area contributed by atoms with Crippen LogP contribution in [0.25, 0.3) is 0 Å². The third-order valence-corrected chi connectivity index (χ3v) is 13.0. The summed E-state index contributed by atoms with van der Waals surface area (Å²) < 4.78 is 0. The van der Waals surface area contributed by atoms with Crippen molar-refractivity contribution in [3.05, 3.63) is 23.3 Å². The number of nitriles is 1. The van der Waals surface area contributed by atoms with Crippen LogP contribution in [0.2, 0.25) is 0 Å². The Hall–Kier alpha value is -2.22. The largest absolute Gasteiger partial charge is 0.356 e. The van der Waals surface area contributed by atoms with Crippen LogP contribution in [-0.4, -0.2) is 24.0 Å². The number of allylic oxidation sites excluding steroid dienone is 4. The summed E-state index contributed by atoms with van der Waals surface area (Å²) in [5.74, 6) is 0.111. The fraction of sp³-hybridized carbons (Fsp3) is 0.765. The van der Waals surface area contributed by atoms with Crippen molar-refractivity contribution < 1.29 is 14.4 Å². The first-order valence-electron chi connectivity index (χ1n) is 15.3. The van der Waals surface area contributed by atoms with Gasteiger partial charge in [0.05, 0.1) is 11.0 Å². The molecule has 1 N–H and O–H groups in total. The second kappa shape index (κ2) is 8.64. The lowest BCUT2D eigenvalue weighted by Crippen LogP contribution is -2.67. The molecule has 0 radical (unpaired) electrons. The van der Waals surface area contributed by atoms with Gasteiger partial charge in [0, 0.05) is 23.3 Å². The molecule has 5 heteroatoms. The van der Waals surface area contributed by atoms with Crippen LogP contribution >= 0.6 is 0 Å². The lowest BCUT2D eigenvalue weighted by atomic mass is 9.33. The van der Waals surface area contributed by atoms with E-state index in [9.17, 15) is 19.6 Å². The highest BCUT2D eigenvalue weighted by Gasteiger charge is 2.71. The first-order chi connectivity index (χ1) is 18.1. The molecule has 0 bridgehead atoms. The van der Waals surface area contributed by atoms with Gasteiger partial charge in [0.2, 0.25) is 5.91 Å². The van der Waals surface area contributed by atoms with Gasteiger partial charge in [-0.05, 0) is 92.4 Å². The van der Waals surface area contributed by atoms with Gasteiger partial charge >= 0.3 is 0 Å². The molecule has 7 atom stereocenters. The molecule has 0 aliphatic heterocycles. The van der Waals surface area contributed by atoms with Crippen LogP contribution in [0.15, 0.2) is 23.3 Å². The Bertz CT molecular complexity index is 1230. The summed E-state index contributed by atoms with van der Waals surface area (Å²) in [5.41, 5.74) is -0.719. The second-order valence-electron chi connectivity index (χ2n) is 15.4. The molecule has 39 heavy (non-hydrogen) atoms. The Balaban J connectivity index is 1.72. The van der Waals surface area contributed by atoms with Crippen molar-refractivity contribution in [2.75, 3.05) is 6.54 Å². The predicted molar refractivity (Wildman–Crippen MR) is 152 cm³/mol. The van der Waals surface area contributed by atoms with Gasteiger partial charge < -0.3 is 5.32 Å². The van der Waals surface area contributed by atoms with Crippen LogP contribution in [0.3, 0.4) is 0 Å². The maximum absolute atomic E-state index is 14.6. The topological polar surface area (TPSA) is 87.0 Å². The zero-order valence-electron chi connectivity index (χ0n) is 25.4. The summed E-state index contributed by atoms with van der Waals surface area (Å²) in [4.78, 5) is 41.7. The summed E-state index contributed by atoms with van der Waals surface area (Å²) in [7, 11) is 0. The highest BCUT2D eigenvalue weighted by molar-refractivity contribution is 6.04. The van der Waals surface area contributed by atoms with Crippen molar-refractivity contribution in [1.82, 2.24) is 5.32 Å². The number of nitrogens with one attached hydrogen (secondary N) is 1. The van der Waals surface area contributed by atoms with Crippen molar-refractivity contribution in [3.63, 3.8) is 0 Å². The molecule has 3 saturated carbocycles. The molecular weight excluding hydrogens is 484 g/mol. The Morgan fingerprint density at radius 1 is 1.03 bits per heavy atom. The number of rotatable bonds is 3. The minimum Gasteiger partial charge on any atom is -0.356 e. The first-order valence-corrected chi connectivity index (χ1v) is 15.3. The van der Waals surface area contributed by atoms with Crippen LogP contribution < -0.4 is 5.32 Å². The molecule has 1 amide bonds. The SMILES string of the molecule is CCNC(=O)[C@]12CCC(C)(C)CC1[C@H]1C(=O)C=C3[C@@]4(C)C=C(C#N)C(=O)C(C)(C)C4CC[C@@]3(C)[C@]1(CC)CC2. The van der Waals surface area contributed by atoms with Crippen LogP contribution in [0.4, 0.5) is 0 Å². The summed E-state index contributed by atoms with van der Waals surface area (Å²) in [5, 5.41) is 13.1. The molecule has 0 aromatic carbocycles. The van der Waals surface area contributed by atoms with E-state index in [1.54, 1.807) is 0 Å². The number of carbonyl (C=O) groups is 3. The van der Waals surface area contributed by atoms with Gasteiger partial charge in [-0.3, -0.25) is 14.4 Å². The van der Waals surface area contributed by atoms with Gasteiger partial charge in [0.1, 0.15) is 6.07 Å². The third-order valence-electron chi connectivity index (χ3n) is 13.0. The van der Waals surface area contributed by atoms with Crippen molar-refractivity contribution >= 4 is 17.5 Å². The van der Waals surface area contributed by atoms with E-state index < -0.39 is 16.2 Å². The lowest BCUT2D eigenvalue weighted by molar-refractivity contribution is -0.183. The number of carbonyl (C=O) groups excluding carboxylic acids is 3. The maximum atomic E-state index is 14.6.